The van der Waals surface area contributed by atoms with Crippen LogP contribution in [0.1, 0.15) is 34.9 Å². The smallest absolute Gasteiger partial charge is 0.276 e. The Morgan fingerprint density at radius 2 is 2.06 bits per heavy atom. The van der Waals surface area contributed by atoms with Gasteiger partial charge in [0.25, 0.3) is 5.91 Å². The lowest BCUT2D eigenvalue weighted by atomic mass is 10.2. The molecule has 1 aromatic heterocycles. The third-order valence-electron chi connectivity index (χ3n) is 2.95. The number of nitrogens with one attached hydrogen (secondary N) is 2. The zero-order valence-electron chi connectivity index (χ0n) is 9.61. The summed E-state index contributed by atoms with van der Waals surface area (Å²) >= 11 is 0. The first kappa shape index (κ1) is 11.0. The van der Waals surface area contributed by atoms with E-state index in [4.69, 9.17) is 0 Å². The van der Waals surface area contributed by atoms with Gasteiger partial charge in [0.2, 0.25) is 0 Å². The second-order valence-corrected chi connectivity index (χ2v) is 4.44. The quantitative estimate of drug-likeness (QED) is 0.873. The van der Waals surface area contributed by atoms with Gasteiger partial charge in [0.1, 0.15) is 5.82 Å². The van der Waals surface area contributed by atoms with Crippen molar-refractivity contribution in [1.29, 1.82) is 0 Å². The van der Waals surface area contributed by atoms with Crippen molar-refractivity contribution in [2.24, 2.45) is 0 Å². The fraction of sp³-hybridized carbons (Fsp3) is 0.231. The van der Waals surface area contributed by atoms with Crippen LogP contribution in [0.3, 0.4) is 0 Å². The maximum Gasteiger partial charge on any atom is 0.276 e. The molecule has 3 rings (SSSR count). The number of hydrogen-bond acceptors (Lipinski definition) is 2. The van der Waals surface area contributed by atoms with E-state index in [1.807, 2.05) is 0 Å². The molecule has 2 aromatic rings. The zero-order chi connectivity index (χ0) is 12.5. The fourth-order valence-electron chi connectivity index (χ4n) is 1.78. The molecule has 2 N–H and O–H groups in total. The molecule has 1 amide bonds. The third kappa shape index (κ3) is 2.25. The third-order valence-corrected chi connectivity index (χ3v) is 2.95. The summed E-state index contributed by atoms with van der Waals surface area (Å²) in [6, 6.07) is 7.41. The van der Waals surface area contributed by atoms with Crippen molar-refractivity contribution in [1.82, 2.24) is 10.2 Å². The number of rotatable bonds is 3. The Kier molecular flexibility index (Phi) is 2.59. The van der Waals surface area contributed by atoms with E-state index < -0.39 is 0 Å². The summed E-state index contributed by atoms with van der Waals surface area (Å²) in [5, 5.41) is 9.52. The topological polar surface area (TPSA) is 57.8 Å². The average Bonchev–Trinajstić information content (AvgIpc) is 3.10. The van der Waals surface area contributed by atoms with Crippen LogP contribution in [0.25, 0.3) is 0 Å². The molecule has 1 aromatic carbocycles. The van der Waals surface area contributed by atoms with Gasteiger partial charge in [-0.15, -0.1) is 0 Å². The summed E-state index contributed by atoms with van der Waals surface area (Å²) in [4.78, 5) is 11.9. The number of aromatic nitrogens is 2. The Balaban J connectivity index is 1.71. The molecular weight excluding hydrogens is 233 g/mol. The van der Waals surface area contributed by atoms with Gasteiger partial charge >= 0.3 is 0 Å². The van der Waals surface area contributed by atoms with Crippen LogP contribution in [0, 0.1) is 5.82 Å². The number of carbonyl (C=O) groups is 1. The number of anilines is 1. The van der Waals surface area contributed by atoms with Crippen LogP contribution in [0.4, 0.5) is 10.1 Å². The highest BCUT2D eigenvalue weighted by atomic mass is 19.1. The summed E-state index contributed by atoms with van der Waals surface area (Å²) in [7, 11) is 0. The van der Waals surface area contributed by atoms with Crippen molar-refractivity contribution in [3.8, 4) is 0 Å². The molecule has 1 aliphatic rings. The van der Waals surface area contributed by atoms with Crippen LogP contribution >= 0.6 is 0 Å². The first-order valence-electron chi connectivity index (χ1n) is 5.84. The monoisotopic (exact) mass is 245 g/mol. The number of H-pyrrole nitrogens is 1. The van der Waals surface area contributed by atoms with Crippen molar-refractivity contribution in [3.05, 3.63) is 47.5 Å². The highest BCUT2D eigenvalue weighted by Gasteiger charge is 2.26. The molecule has 5 heteroatoms. The summed E-state index contributed by atoms with van der Waals surface area (Å²) in [6.07, 6.45) is 2.31. The van der Waals surface area contributed by atoms with Crippen LogP contribution in [-0.4, -0.2) is 16.1 Å². The molecule has 1 aliphatic carbocycles. The van der Waals surface area contributed by atoms with Crippen LogP contribution in [0.15, 0.2) is 30.3 Å². The SMILES string of the molecule is O=C(Nc1ccc(F)cc1)c1cc(C2CC2)[nH]n1. The standard InChI is InChI=1S/C13H12FN3O/c14-9-3-5-10(6-4-9)15-13(18)12-7-11(16-17-12)8-1-2-8/h3-8H,1-2H2,(H,15,18)(H,16,17). The minimum atomic E-state index is -0.330. The van der Waals surface area contributed by atoms with Crippen molar-refractivity contribution in [2.75, 3.05) is 5.32 Å². The average molecular weight is 245 g/mol. The van der Waals surface area contributed by atoms with Crippen LogP contribution < -0.4 is 5.32 Å². The summed E-state index contributed by atoms with van der Waals surface area (Å²) in [6.45, 7) is 0. The van der Waals surface area contributed by atoms with Gasteiger partial charge in [0.05, 0.1) is 0 Å². The van der Waals surface area contributed by atoms with E-state index in [0.29, 0.717) is 17.3 Å². The van der Waals surface area contributed by atoms with E-state index in [1.54, 1.807) is 6.07 Å². The molecule has 1 fully saturated rings. The van der Waals surface area contributed by atoms with Gasteiger partial charge in [-0.3, -0.25) is 9.89 Å². The predicted molar refractivity (Wildman–Crippen MR) is 64.9 cm³/mol. The number of benzene rings is 1. The number of nitrogens with zero attached hydrogens (tertiary/aromatic N) is 1. The Bertz CT molecular complexity index is 572. The largest absolute Gasteiger partial charge is 0.321 e. The molecule has 0 radical (unpaired) electrons. The normalized spacial score (nSPS) is 14.5. The summed E-state index contributed by atoms with van der Waals surface area (Å²) in [5.41, 5.74) is 1.93. The number of aromatic amines is 1. The Labute approximate surface area is 103 Å². The van der Waals surface area contributed by atoms with E-state index >= 15 is 0 Å². The molecule has 0 aliphatic heterocycles. The van der Waals surface area contributed by atoms with Crippen molar-refractivity contribution in [3.63, 3.8) is 0 Å². The molecule has 0 saturated heterocycles. The highest BCUT2D eigenvalue weighted by molar-refractivity contribution is 6.02. The molecule has 4 nitrogen and oxygen atoms in total. The van der Waals surface area contributed by atoms with Gasteiger partial charge in [0, 0.05) is 17.3 Å². The number of carbonyl (C=O) groups excluding carboxylic acids is 1. The number of amides is 1. The lowest BCUT2D eigenvalue weighted by Gasteiger charge is -2.01. The van der Waals surface area contributed by atoms with E-state index in [0.717, 1.165) is 18.5 Å². The molecule has 0 unspecified atom stereocenters. The van der Waals surface area contributed by atoms with E-state index in [9.17, 15) is 9.18 Å². The summed E-state index contributed by atoms with van der Waals surface area (Å²) < 4.78 is 12.7. The zero-order valence-corrected chi connectivity index (χ0v) is 9.61. The lowest BCUT2D eigenvalue weighted by Crippen LogP contribution is -2.12. The fourth-order valence-corrected chi connectivity index (χ4v) is 1.78. The van der Waals surface area contributed by atoms with E-state index in [1.165, 1.54) is 24.3 Å². The maximum absolute atomic E-state index is 12.7. The Morgan fingerprint density at radius 1 is 1.33 bits per heavy atom. The van der Waals surface area contributed by atoms with Crippen molar-refractivity contribution >= 4 is 11.6 Å². The minimum Gasteiger partial charge on any atom is -0.321 e. The molecule has 1 saturated carbocycles. The Hall–Kier alpha value is -2.17. The molecule has 92 valence electrons. The molecule has 0 bridgehead atoms. The number of halogens is 1. The van der Waals surface area contributed by atoms with Crippen LogP contribution in [0.2, 0.25) is 0 Å². The van der Waals surface area contributed by atoms with Crippen LogP contribution in [-0.2, 0) is 0 Å². The molecule has 1 heterocycles. The van der Waals surface area contributed by atoms with Gasteiger partial charge in [-0.2, -0.15) is 5.10 Å². The van der Waals surface area contributed by atoms with Gasteiger partial charge in [-0.1, -0.05) is 0 Å². The second-order valence-electron chi connectivity index (χ2n) is 4.44. The lowest BCUT2D eigenvalue weighted by molar-refractivity contribution is 0.102. The molecule has 18 heavy (non-hydrogen) atoms. The molecule has 0 spiro atoms. The van der Waals surface area contributed by atoms with Gasteiger partial charge in [0.15, 0.2) is 5.69 Å². The van der Waals surface area contributed by atoms with Gasteiger partial charge < -0.3 is 5.32 Å². The molecular formula is C13H12FN3O. The summed E-state index contributed by atoms with van der Waals surface area (Å²) in [5.74, 6) is -0.0848. The first-order chi connectivity index (χ1) is 8.72. The second kappa shape index (κ2) is 4.25. The van der Waals surface area contributed by atoms with E-state index in [2.05, 4.69) is 15.5 Å². The highest BCUT2D eigenvalue weighted by Crippen LogP contribution is 2.39. The van der Waals surface area contributed by atoms with Gasteiger partial charge in [-0.05, 0) is 43.2 Å². The van der Waals surface area contributed by atoms with Crippen molar-refractivity contribution < 1.29 is 9.18 Å². The maximum atomic E-state index is 12.7. The van der Waals surface area contributed by atoms with Crippen molar-refractivity contribution in [2.45, 2.75) is 18.8 Å². The first-order valence-corrected chi connectivity index (χ1v) is 5.84. The predicted octanol–water partition coefficient (Wildman–Crippen LogP) is 2.68. The van der Waals surface area contributed by atoms with Gasteiger partial charge in [-0.25, -0.2) is 4.39 Å². The molecule has 0 atom stereocenters. The Morgan fingerprint density at radius 3 is 2.72 bits per heavy atom. The van der Waals surface area contributed by atoms with E-state index in [-0.39, 0.29) is 11.7 Å². The minimum absolute atomic E-state index is 0.287. The van der Waals surface area contributed by atoms with Crippen LogP contribution in [0.5, 0.6) is 0 Å². The number of hydrogen-bond donors (Lipinski definition) is 2.